The Kier molecular flexibility index (Phi) is 4.44. The van der Waals surface area contributed by atoms with E-state index in [1.54, 1.807) is 21.8 Å². The van der Waals surface area contributed by atoms with Gasteiger partial charge in [-0.2, -0.15) is 5.10 Å². The Morgan fingerprint density at radius 2 is 1.81 bits per heavy atom. The summed E-state index contributed by atoms with van der Waals surface area (Å²) < 4.78 is 3.53. The van der Waals surface area contributed by atoms with E-state index < -0.39 is 0 Å². The Labute approximate surface area is 185 Å². The van der Waals surface area contributed by atoms with Gasteiger partial charge in [0.2, 0.25) is 0 Å². The zero-order valence-corrected chi connectivity index (χ0v) is 19.8. The monoisotopic (exact) mass is 435 g/mol. The van der Waals surface area contributed by atoms with Crippen LogP contribution in [0.3, 0.4) is 0 Å². The number of hydrogen-bond acceptors (Lipinski definition) is 5. The van der Waals surface area contributed by atoms with Gasteiger partial charge in [0.25, 0.3) is 5.56 Å². The van der Waals surface area contributed by atoms with Gasteiger partial charge in [0.05, 0.1) is 11.2 Å². The molecule has 0 spiro atoms. The Hall–Kier alpha value is -2.51. The van der Waals surface area contributed by atoms with E-state index in [-0.39, 0.29) is 16.6 Å². The predicted molar refractivity (Wildman–Crippen MR) is 127 cm³/mol. The van der Waals surface area contributed by atoms with Crippen LogP contribution in [0.25, 0.3) is 27.1 Å². The second-order valence-electron chi connectivity index (χ2n) is 10.3. The maximum atomic E-state index is 13.0. The third-order valence-corrected chi connectivity index (χ3v) is 7.33. The number of benzene rings is 1. The summed E-state index contributed by atoms with van der Waals surface area (Å²) in [6.45, 7) is 11.1. The van der Waals surface area contributed by atoms with Gasteiger partial charge in [-0.3, -0.25) is 13.9 Å². The topological polar surface area (TPSA) is 64.2 Å². The van der Waals surface area contributed by atoms with Gasteiger partial charge in [0.15, 0.2) is 4.96 Å². The van der Waals surface area contributed by atoms with Crippen molar-refractivity contribution in [3.8, 4) is 11.3 Å². The van der Waals surface area contributed by atoms with Crippen LogP contribution in [-0.4, -0.2) is 30.2 Å². The molecule has 1 aliphatic rings. The molecule has 1 aromatic carbocycles. The molecule has 0 bridgehead atoms. The molecule has 0 saturated carbocycles. The summed E-state index contributed by atoms with van der Waals surface area (Å²) in [6.07, 6.45) is 6.10. The summed E-state index contributed by atoms with van der Waals surface area (Å²) in [5.74, 6) is 0.412. The molecule has 0 atom stereocenters. The first-order valence-electron chi connectivity index (χ1n) is 10.8. The third kappa shape index (κ3) is 3.70. The van der Waals surface area contributed by atoms with Crippen molar-refractivity contribution in [3.05, 3.63) is 51.4 Å². The van der Waals surface area contributed by atoms with Crippen molar-refractivity contribution in [2.45, 2.75) is 64.5 Å². The minimum absolute atomic E-state index is 0.0288. The van der Waals surface area contributed by atoms with Crippen molar-refractivity contribution in [3.63, 3.8) is 0 Å². The highest BCUT2D eigenvalue weighted by molar-refractivity contribution is 7.17. The third-order valence-electron chi connectivity index (χ3n) is 6.19. The van der Waals surface area contributed by atoms with Crippen molar-refractivity contribution in [1.82, 2.24) is 24.5 Å². The Balaban J connectivity index is 1.59. The van der Waals surface area contributed by atoms with E-state index in [2.05, 4.69) is 50.2 Å². The second-order valence-corrected chi connectivity index (χ2v) is 11.3. The van der Waals surface area contributed by atoms with Crippen LogP contribution in [0.15, 0.2) is 35.4 Å². The molecule has 0 radical (unpaired) electrons. The van der Waals surface area contributed by atoms with Gasteiger partial charge in [0, 0.05) is 52.4 Å². The summed E-state index contributed by atoms with van der Waals surface area (Å²) in [5.41, 5.74) is 3.83. The lowest BCUT2D eigenvalue weighted by molar-refractivity contribution is 0.163. The molecule has 1 saturated heterocycles. The van der Waals surface area contributed by atoms with Gasteiger partial charge in [-0.25, -0.2) is 4.98 Å². The quantitative estimate of drug-likeness (QED) is 0.498. The molecule has 7 heteroatoms. The number of piperidine rings is 1. The van der Waals surface area contributed by atoms with Crippen molar-refractivity contribution in [1.29, 1.82) is 0 Å². The number of aromatic nitrogens is 4. The Morgan fingerprint density at radius 3 is 2.52 bits per heavy atom. The summed E-state index contributed by atoms with van der Waals surface area (Å²) >= 11 is 1.65. The molecule has 0 unspecified atom stereocenters. The number of fused-ring (bicyclic) bond motifs is 2. The smallest absolute Gasteiger partial charge is 0.259 e. The van der Waals surface area contributed by atoms with Crippen LogP contribution in [0, 0.1) is 6.92 Å². The summed E-state index contributed by atoms with van der Waals surface area (Å²) in [6, 6.07) is 5.79. The first kappa shape index (κ1) is 20.4. The number of aryl methyl sites for hydroxylation is 2. The van der Waals surface area contributed by atoms with Crippen molar-refractivity contribution >= 4 is 27.2 Å². The minimum Gasteiger partial charge on any atom is -0.307 e. The largest absolute Gasteiger partial charge is 0.307 e. The van der Waals surface area contributed by atoms with E-state index in [1.165, 1.54) is 4.88 Å². The van der Waals surface area contributed by atoms with E-state index in [0.717, 1.165) is 45.5 Å². The highest BCUT2D eigenvalue weighted by Crippen LogP contribution is 2.41. The van der Waals surface area contributed by atoms with Crippen LogP contribution in [0.2, 0.25) is 0 Å². The Morgan fingerprint density at radius 1 is 1.10 bits per heavy atom. The maximum absolute atomic E-state index is 13.0. The van der Waals surface area contributed by atoms with Crippen molar-refractivity contribution in [2.24, 2.45) is 7.05 Å². The van der Waals surface area contributed by atoms with Gasteiger partial charge in [-0.1, -0.05) is 0 Å². The van der Waals surface area contributed by atoms with E-state index in [9.17, 15) is 4.79 Å². The highest BCUT2D eigenvalue weighted by Gasteiger charge is 2.39. The first-order valence-corrected chi connectivity index (χ1v) is 11.6. The molecule has 0 aliphatic carbocycles. The van der Waals surface area contributed by atoms with E-state index in [1.807, 2.05) is 31.0 Å². The number of hydrogen-bond donors (Lipinski definition) is 1. The fourth-order valence-corrected chi connectivity index (χ4v) is 6.44. The molecular formula is C24H29N5OS. The lowest BCUT2D eigenvalue weighted by Gasteiger charge is -2.46. The van der Waals surface area contributed by atoms with Crippen molar-refractivity contribution < 1.29 is 0 Å². The van der Waals surface area contributed by atoms with E-state index in [4.69, 9.17) is 4.98 Å². The number of thiazole rings is 1. The van der Waals surface area contributed by atoms with Crippen LogP contribution in [-0.2, 0) is 7.05 Å². The molecule has 1 N–H and O–H groups in total. The van der Waals surface area contributed by atoms with Crippen LogP contribution in [0.5, 0.6) is 0 Å². The summed E-state index contributed by atoms with van der Waals surface area (Å²) in [5, 5.41) is 9.32. The van der Waals surface area contributed by atoms with Gasteiger partial charge in [-0.15, -0.1) is 11.3 Å². The highest BCUT2D eigenvalue weighted by atomic mass is 32.1. The zero-order chi connectivity index (χ0) is 22.1. The number of nitrogens with one attached hydrogen (secondary N) is 1. The van der Waals surface area contributed by atoms with E-state index >= 15 is 0 Å². The number of nitrogens with zero attached hydrogens (tertiary/aromatic N) is 4. The molecular weight excluding hydrogens is 406 g/mol. The second kappa shape index (κ2) is 6.74. The van der Waals surface area contributed by atoms with Gasteiger partial charge in [0.1, 0.15) is 0 Å². The van der Waals surface area contributed by atoms with Gasteiger partial charge >= 0.3 is 0 Å². The standard InChI is InChI=1S/C24H29N5OS/c1-14-7-15(8-16-12-28(6)26-21(14)16)18-9-20(30)29-13-19(31-22(29)25-18)17-10-23(2,3)27-24(4,5)11-17/h7-9,12-13,17,27H,10-11H2,1-6H3. The Bertz CT molecular complexity index is 1360. The molecule has 0 amide bonds. The van der Waals surface area contributed by atoms with Crippen LogP contribution >= 0.6 is 11.3 Å². The lowest BCUT2D eigenvalue weighted by Crippen LogP contribution is -2.57. The fourth-order valence-electron chi connectivity index (χ4n) is 5.36. The lowest BCUT2D eigenvalue weighted by atomic mass is 9.75. The summed E-state index contributed by atoms with van der Waals surface area (Å²) in [7, 11) is 1.92. The predicted octanol–water partition coefficient (Wildman–Crippen LogP) is 4.64. The first-order chi connectivity index (χ1) is 14.5. The van der Waals surface area contributed by atoms with Crippen LogP contribution in [0.1, 0.15) is 56.9 Å². The van der Waals surface area contributed by atoms with Crippen LogP contribution in [0.4, 0.5) is 0 Å². The fraction of sp³-hybridized carbons (Fsp3) is 0.458. The minimum atomic E-state index is -0.0288. The zero-order valence-electron chi connectivity index (χ0n) is 19.0. The summed E-state index contributed by atoms with van der Waals surface area (Å²) in [4.78, 5) is 19.9. The molecule has 4 heterocycles. The average molecular weight is 436 g/mol. The maximum Gasteiger partial charge on any atom is 0.259 e. The molecule has 3 aromatic heterocycles. The average Bonchev–Trinajstić information content (AvgIpc) is 3.22. The van der Waals surface area contributed by atoms with Gasteiger partial charge < -0.3 is 5.32 Å². The van der Waals surface area contributed by atoms with E-state index in [0.29, 0.717) is 5.92 Å². The molecule has 6 nitrogen and oxygen atoms in total. The SMILES string of the molecule is Cc1cc(-c2cc(=O)n3cc(C4CC(C)(C)NC(C)(C)C4)sc3n2)cc2cn(C)nc12. The molecule has 4 aromatic rings. The van der Waals surface area contributed by atoms with Crippen molar-refractivity contribution in [2.75, 3.05) is 0 Å². The number of rotatable bonds is 2. The molecule has 31 heavy (non-hydrogen) atoms. The molecule has 5 rings (SSSR count). The van der Waals surface area contributed by atoms with Crippen LogP contribution < -0.4 is 10.9 Å². The van der Waals surface area contributed by atoms with Gasteiger partial charge in [-0.05, 0) is 71.1 Å². The molecule has 162 valence electrons. The normalized spacial score (nSPS) is 18.8. The molecule has 1 aliphatic heterocycles. The molecule has 1 fully saturated rings.